The summed E-state index contributed by atoms with van der Waals surface area (Å²) in [6.45, 7) is 1.84. The number of nitrogens with zero attached hydrogens (tertiary/aromatic N) is 1. The first-order chi connectivity index (χ1) is 11.9. The van der Waals surface area contributed by atoms with Crippen molar-refractivity contribution < 1.29 is 23.9 Å². The Morgan fingerprint density at radius 2 is 2.12 bits per heavy atom. The van der Waals surface area contributed by atoms with Crippen molar-refractivity contribution in [3.8, 4) is 0 Å². The number of methoxy groups -OCH3 is 1. The average Bonchev–Trinajstić information content (AvgIpc) is 2.87. The van der Waals surface area contributed by atoms with Crippen LogP contribution in [0.2, 0.25) is 0 Å². The Bertz CT molecular complexity index is 663. The molecule has 0 bridgehead atoms. The fraction of sp³-hybridized carbons (Fsp3) is 0.556. The number of halogens is 1. The number of carbonyl (C=O) groups is 3. The molecule has 1 aliphatic carbocycles. The van der Waals surface area contributed by atoms with Crippen LogP contribution >= 0.6 is 15.9 Å². The molecule has 6 nitrogen and oxygen atoms in total. The van der Waals surface area contributed by atoms with Crippen molar-refractivity contribution in [2.75, 3.05) is 7.11 Å². The molecule has 136 valence electrons. The maximum Gasteiger partial charge on any atom is 0.340 e. The van der Waals surface area contributed by atoms with Crippen LogP contribution in [0.3, 0.4) is 0 Å². The molecule has 2 atom stereocenters. The highest BCUT2D eigenvalue weighted by atomic mass is 79.9. The van der Waals surface area contributed by atoms with Gasteiger partial charge in [0.15, 0.2) is 0 Å². The predicted octanol–water partition coefficient (Wildman–Crippen LogP) is 3.47. The first-order valence-electron chi connectivity index (χ1n) is 8.28. The number of pyridine rings is 1. The highest BCUT2D eigenvalue weighted by molar-refractivity contribution is 9.10. The smallest absolute Gasteiger partial charge is 0.340 e. The van der Waals surface area contributed by atoms with Crippen LogP contribution in [0.4, 0.5) is 0 Å². The van der Waals surface area contributed by atoms with Gasteiger partial charge in [0.05, 0.1) is 18.1 Å². The number of Topliss-reactive ketones (excluding diaryl/α,β-unsaturated/α-hetero) is 1. The lowest BCUT2D eigenvalue weighted by Crippen LogP contribution is -2.36. The van der Waals surface area contributed by atoms with Crippen molar-refractivity contribution in [2.45, 2.75) is 51.6 Å². The third-order valence-corrected chi connectivity index (χ3v) is 5.16. The van der Waals surface area contributed by atoms with E-state index in [1.165, 1.54) is 13.3 Å². The molecule has 2 rings (SSSR count). The Hall–Kier alpha value is -1.76. The summed E-state index contributed by atoms with van der Waals surface area (Å²) in [5, 5.41) is 0. The summed E-state index contributed by atoms with van der Waals surface area (Å²) in [5.74, 6) is -0.627. The van der Waals surface area contributed by atoms with Gasteiger partial charge in [0.25, 0.3) is 0 Å². The Morgan fingerprint density at radius 3 is 2.80 bits per heavy atom. The molecule has 1 aliphatic rings. The lowest BCUT2D eigenvalue weighted by molar-refractivity contribution is -0.140. The second-order valence-corrected chi connectivity index (χ2v) is 7.36. The first-order valence-corrected chi connectivity index (χ1v) is 9.08. The van der Waals surface area contributed by atoms with Gasteiger partial charge in [-0.1, -0.05) is 6.42 Å². The summed E-state index contributed by atoms with van der Waals surface area (Å²) < 4.78 is 10.9. The highest BCUT2D eigenvalue weighted by Crippen LogP contribution is 2.41. The van der Waals surface area contributed by atoms with Crippen LogP contribution in [-0.2, 0) is 19.1 Å². The fourth-order valence-electron chi connectivity index (χ4n) is 3.12. The van der Waals surface area contributed by atoms with Crippen molar-refractivity contribution in [1.82, 2.24) is 4.98 Å². The van der Waals surface area contributed by atoms with Gasteiger partial charge < -0.3 is 9.47 Å². The van der Waals surface area contributed by atoms with E-state index in [0.717, 1.165) is 0 Å². The second kappa shape index (κ2) is 8.56. The Labute approximate surface area is 155 Å². The molecule has 0 radical (unpaired) electrons. The average molecular weight is 412 g/mol. The predicted molar refractivity (Wildman–Crippen MR) is 94.0 cm³/mol. The molecule has 1 heterocycles. The lowest BCUT2D eigenvalue weighted by atomic mass is 9.80. The van der Waals surface area contributed by atoms with E-state index < -0.39 is 17.5 Å². The van der Waals surface area contributed by atoms with Crippen LogP contribution in [0.1, 0.15) is 55.8 Å². The molecule has 25 heavy (non-hydrogen) atoms. The van der Waals surface area contributed by atoms with Crippen LogP contribution in [0.15, 0.2) is 22.9 Å². The minimum absolute atomic E-state index is 0.107. The van der Waals surface area contributed by atoms with E-state index in [4.69, 9.17) is 4.74 Å². The van der Waals surface area contributed by atoms with E-state index >= 15 is 0 Å². The number of hydrogen-bond acceptors (Lipinski definition) is 6. The van der Waals surface area contributed by atoms with Crippen molar-refractivity contribution in [3.05, 3.63) is 28.5 Å². The van der Waals surface area contributed by atoms with Gasteiger partial charge >= 0.3 is 11.9 Å². The van der Waals surface area contributed by atoms with Crippen LogP contribution in [0.25, 0.3) is 0 Å². The van der Waals surface area contributed by atoms with Gasteiger partial charge in [0, 0.05) is 29.7 Å². The minimum Gasteiger partial charge on any atom is -0.469 e. The van der Waals surface area contributed by atoms with Crippen LogP contribution in [0, 0.1) is 5.41 Å². The Morgan fingerprint density at radius 1 is 1.36 bits per heavy atom. The second-order valence-electron chi connectivity index (χ2n) is 6.45. The number of hydrogen-bond donors (Lipinski definition) is 0. The van der Waals surface area contributed by atoms with Crippen LogP contribution < -0.4 is 0 Å². The summed E-state index contributed by atoms with van der Waals surface area (Å²) in [4.78, 5) is 39.8. The monoisotopic (exact) mass is 411 g/mol. The van der Waals surface area contributed by atoms with Crippen molar-refractivity contribution in [3.63, 3.8) is 0 Å². The highest BCUT2D eigenvalue weighted by Gasteiger charge is 2.47. The number of ketones is 1. The van der Waals surface area contributed by atoms with Gasteiger partial charge in [0.2, 0.25) is 0 Å². The summed E-state index contributed by atoms with van der Waals surface area (Å²) >= 11 is 3.27. The summed E-state index contributed by atoms with van der Waals surface area (Å²) in [6.07, 6.45) is 5.76. The molecule has 0 saturated heterocycles. The molecule has 1 saturated carbocycles. The maximum absolute atomic E-state index is 12.4. The molecule has 0 aromatic carbocycles. The number of ether oxygens (including phenoxy) is 2. The molecule has 0 N–H and O–H groups in total. The number of aromatic nitrogens is 1. The van der Waals surface area contributed by atoms with E-state index in [0.29, 0.717) is 48.6 Å². The third-order valence-electron chi connectivity index (χ3n) is 4.73. The SMILES string of the molecule is COC(=O)CCCC[C@]1(C)C(=O)CC[C@@H]1OC(=O)c1cncc(Br)c1. The molecule has 0 spiro atoms. The van der Waals surface area contributed by atoms with Gasteiger partial charge in [-0.05, 0) is 48.2 Å². The lowest BCUT2D eigenvalue weighted by Gasteiger charge is -2.29. The maximum atomic E-state index is 12.4. The third kappa shape index (κ3) is 4.87. The van der Waals surface area contributed by atoms with Gasteiger partial charge in [-0.2, -0.15) is 0 Å². The molecule has 7 heteroatoms. The van der Waals surface area contributed by atoms with Gasteiger partial charge in [-0.25, -0.2) is 4.79 Å². The standard InChI is InChI=1S/C18H22BrNO5/c1-18(8-4-3-5-16(22)24-2)14(21)6-7-15(18)25-17(23)12-9-13(19)11-20-10-12/h9-11,15H,3-8H2,1-2H3/t15-,18+/m0/s1. The zero-order chi connectivity index (χ0) is 18.4. The van der Waals surface area contributed by atoms with Gasteiger partial charge in [-0.15, -0.1) is 0 Å². The molecule has 0 unspecified atom stereocenters. The van der Waals surface area contributed by atoms with Crippen LogP contribution in [-0.4, -0.2) is 35.9 Å². The largest absolute Gasteiger partial charge is 0.469 e. The first kappa shape index (κ1) is 19.6. The zero-order valence-corrected chi connectivity index (χ0v) is 16.0. The molecule has 0 amide bonds. The molecular formula is C18H22BrNO5. The van der Waals surface area contributed by atoms with E-state index in [1.54, 1.807) is 12.3 Å². The fourth-order valence-corrected chi connectivity index (χ4v) is 3.48. The van der Waals surface area contributed by atoms with E-state index in [2.05, 4.69) is 25.7 Å². The summed E-state index contributed by atoms with van der Waals surface area (Å²) in [7, 11) is 1.36. The topological polar surface area (TPSA) is 82.6 Å². The Kier molecular flexibility index (Phi) is 6.70. The van der Waals surface area contributed by atoms with Crippen molar-refractivity contribution in [2.24, 2.45) is 5.41 Å². The number of unbranched alkanes of at least 4 members (excludes halogenated alkanes) is 1. The number of carbonyl (C=O) groups excluding carboxylic acids is 3. The normalized spacial score (nSPS) is 22.7. The van der Waals surface area contributed by atoms with Crippen LogP contribution in [0.5, 0.6) is 0 Å². The van der Waals surface area contributed by atoms with E-state index in [-0.39, 0.29) is 11.8 Å². The minimum atomic E-state index is -0.703. The number of rotatable bonds is 7. The Balaban J connectivity index is 1.97. The molecule has 1 aromatic heterocycles. The quantitative estimate of drug-likeness (QED) is 0.504. The van der Waals surface area contributed by atoms with Crippen molar-refractivity contribution in [1.29, 1.82) is 0 Å². The summed E-state index contributed by atoms with van der Waals surface area (Å²) in [6, 6.07) is 1.64. The molecule has 0 aliphatic heterocycles. The summed E-state index contributed by atoms with van der Waals surface area (Å²) in [5.41, 5.74) is -0.354. The van der Waals surface area contributed by atoms with E-state index in [1.807, 2.05) is 6.92 Å². The zero-order valence-electron chi connectivity index (χ0n) is 14.4. The van der Waals surface area contributed by atoms with Crippen molar-refractivity contribution >= 4 is 33.7 Å². The number of esters is 2. The van der Waals surface area contributed by atoms with Gasteiger partial charge in [-0.3, -0.25) is 14.6 Å². The van der Waals surface area contributed by atoms with Gasteiger partial charge in [0.1, 0.15) is 11.9 Å². The molecule has 1 fully saturated rings. The van der Waals surface area contributed by atoms with E-state index in [9.17, 15) is 14.4 Å². The molecule has 1 aromatic rings. The molecular weight excluding hydrogens is 390 g/mol.